The number of hydrogen-bond acceptors (Lipinski definition) is 5. The lowest BCUT2D eigenvalue weighted by Gasteiger charge is -2.33. The van der Waals surface area contributed by atoms with Crippen molar-refractivity contribution in [1.29, 1.82) is 5.26 Å². The maximum atomic E-state index is 12.9. The number of piperidine rings is 1. The number of carbonyl (C=O) groups is 1. The summed E-state index contributed by atoms with van der Waals surface area (Å²) in [5.74, 6) is 0.0269. The molecule has 1 aliphatic heterocycles. The Bertz CT molecular complexity index is 1410. The van der Waals surface area contributed by atoms with Gasteiger partial charge in [-0.15, -0.1) is 0 Å². The van der Waals surface area contributed by atoms with E-state index < -0.39 is 0 Å². The number of carbonyl (C=O) groups excluding carboxylic acids is 1. The first kappa shape index (κ1) is 24.7. The number of rotatable bonds is 6. The summed E-state index contributed by atoms with van der Waals surface area (Å²) in [4.78, 5) is 19.0. The zero-order valence-corrected chi connectivity index (χ0v) is 20.6. The van der Waals surface area contributed by atoms with Crippen LogP contribution in [-0.2, 0) is 6.42 Å². The van der Waals surface area contributed by atoms with Crippen LogP contribution in [0.2, 0.25) is 0 Å². The Morgan fingerprint density at radius 2 is 2.03 bits per heavy atom. The highest BCUT2D eigenvalue weighted by atomic mass is 16.2. The van der Waals surface area contributed by atoms with Crippen molar-refractivity contribution in [3.8, 4) is 17.2 Å². The first-order valence-corrected chi connectivity index (χ1v) is 12.2. The van der Waals surface area contributed by atoms with E-state index in [2.05, 4.69) is 41.1 Å². The lowest BCUT2D eigenvalue weighted by atomic mass is 9.98. The highest BCUT2D eigenvalue weighted by molar-refractivity contribution is 5.94. The average Bonchev–Trinajstić information content (AvgIpc) is 2.90. The molecule has 0 bridgehead atoms. The zero-order valence-electron chi connectivity index (χ0n) is 20.6. The lowest BCUT2D eigenvalue weighted by molar-refractivity contribution is 0.0718. The first-order chi connectivity index (χ1) is 17.5. The largest absolute Gasteiger partial charge is 0.404 e. The van der Waals surface area contributed by atoms with E-state index in [1.54, 1.807) is 18.5 Å². The van der Waals surface area contributed by atoms with Crippen LogP contribution in [0.5, 0.6) is 0 Å². The van der Waals surface area contributed by atoms with E-state index >= 15 is 0 Å². The summed E-state index contributed by atoms with van der Waals surface area (Å²) in [5.41, 5.74) is 11.6. The number of aryl methyl sites for hydroxylation is 1. The normalized spacial score (nSPS) is 14.9. The Hall–Kier alpha value is -4.37. The minimum absolute atomic E-state index is 0.0269. The fourth-order valence-electron chi connectivity index (χ4n) is 4.59. The molecule has 182 valence electrons. The molecular weight excluding hydrogens is 446 g/mol. The second kappa shape index (κ2) is 11.4. The molecule has 1 aromatic heterocycles. The molecule has 0 atom stereocenters. The highest BCUT2D eigenvalue weighted by Gasteiger charge is 2.24. The molecule has 6 nitrogen and oxygen atoms in total. The molecule has 2 aromatic carbocycles. The van der Waals surface area contributed by atoms with E-state index in [9.17, 15) is 4.79 Å². The molecule has 0 spiro atoms. The van der Waals surface area contributed by atoms with Gasteiger partial charge in [0.05, 0.1) is 18.1 Å². The van der Waals surface area contributed by atoms with Gasteiger partial charge in [-0.05, 0) is 65.9 Å². The maximum Gasteiger partial charge on any atom is 0.255 e. The van der Waals surface area contributed by atoms with Crippen molar-refractivity contribution in [2.24, 2.45) is 5.73 Å². The summed E-state index contributed by atoms with van der Waals surface area (Å²) >= 11 is 0. The number of nitrogens with two attached hydrogens (primary N) is 1. The molecule has 1 saturated heterocycles. The second-order valence-corrected chi connectivity index (χ2v) is 9.03. The number of nitrogens with one attached hydrogen (secondary N) is 1. The topological polar surface area (TPSA) is 95.0 Å². The number of benzene rings is 2. The molecule has 0 radical (unpaired) electrons. The summed E-state index contributed by atoms with van der Waals surface area (Å²) in [7, 11) is 0. The highest BCUT2D eigenvalue weighted by Crippen LogP contribution is 2.23. The summed E-state index contributed by atoms with van der Waals surface area (Å²) in [5, 5.41) is 14.7. The molecule has 2 heterocycles. The molecule has 4 rings (SSSR count). The van der Waals surface area contributed by atoms with Gasteiger partial charge in [0.15, 0.2) is 0 Å². The van der Waals surface area contributed by atoms with Crippen LogP contribution >= 0.6 is 0 Å². The summed E-state index contributed by atoms with van der Waals surface area (Å²) in [6.07, 6.45) is 9.01. The van der Waals surface area contributed by atoms with Crippen molar-refractivity contribution in [2.45, 2.75) is 32.2 Å². The van der Waals surface area contributed by atoms with Crippen LogP contribution in [-0.4, -0.2) is 34.9 Å². The van der Waals surface area contributed by atoms with E-state index in [-0.39, 0.29) is 11.9 Å². The van der Waals surface area contributed by atoms with E-state index in [1.807, 2.05) is 48.2 Å². The van der Waals surface area contributed by atoms with Crippen molar-refractivity contribution in [2.75, 3.05) is 18.4 Å². The maximum absolute atomic E-state index is 12.9. The van der Waals surface area contributed by atoms with Gasteiger partial charge in [0.1, 0.15) is 0 Å². The monoisotopic (exact) mass is 477 g/mol. The fourth-order valence-corrected chi connectivity index (χ4v) is 4.59. The second-order valence-electron chi connectivity index (χ2n) is 9.03. The smallest absolute Gasteiger partial charge is 0.255 e. The van der Waals surface area contributed by atoms with E-state index in [0.717, 1.165) is 51.4 Å². The standard InChI is InChI=1S/C30H31N5O/c1-3-5-24-17-26(23-7-4-6-22(16-23)10-13-31)18-29(28(24)19-32)34-27-11-14-35(15-12-27)30(36)25-9-8-21(2)33-20-25/h3-9,16-20,27,34H,1,10-12,14-15,32H2,2H3/b24-5-,28-19+. The molecule has 3 N–H and O–H groups in total. The minimum Gasteiger partial charge on any atom is -0.404 e. The predicted molar refractivity (Wildman–Crippen MR) is 145 cm³/mol. The molecule has 0 aliphatic carbocycles. The molecule has 1 fully saturated rings. The van der Waals surface area contributed by atoms with Crippen LogP contribution in [0.3, 0.4) is 0 Å². The summed E-state index contributed by atoms with van der Waals surface area (Å²) in [6, 6.07) is 18.4. The van der Waals surface area contributed by atoms with E-state index in [4.69, 9.17) is 11.0 Å². The predicted octanol–water partition coefficient (Wildman–Crippen LogP) is 3.50. The average molecular weight is 478 g/mol. The van der Waals surface area contributed by atoms with Gasteiger partial charge in [-0.25, -0.2) is 0 Å². The van der Waals surface area contributed by atoms with Gasteiger partial charge < -0.3 is 16.0 Å². The Balaban J connectivity index is 1.57. The number of allylic oxidation sites excluding steroid dienone is 1. The number of nitriles is 1. The Labute approximate surface area is 212 Å². The van der Waals surface area contributed by atoms with E-state index in [1.165, 1.54) is 0 Å². The van der Waals surface area contributed by atoms with Crippen molar-refractivity contribution < 1.29 is 4.79 Å². The van der Waals surface area contributed by atoms with Crippen LogP contribution in [0.4, 0.5) is 5.69 Å². The first-order valence-electron chi connectivity index (χ1n) is 12.2. The third-order valence-corrected chi connectivity index (χ3v) is 6.52. The fraction of sp³-hybridized carbons (Fsp3) is 0.233. The van der Waals surface area contributed by atoms with Crippen LogP contribution in [0.15, 0.2) is 67.4 Å². The molecule has 0 saturated carbocycles. The molecule has 0 unspecified atom stereocenters. The Kier molecular flexibility index (Phi) is 7.82. The Morgan fingerprint density at radius 3 is 2.69 bits per heavy atom. The van der Waals surface area contributed by atoms with Gasteiger partial charge in [-0.2, -0.15) is 5.26 Å². The molecule has 1 amide bonds. The van der Waals surface area contributed by atoms with Gasteiger partial charge >= 0.3 is 0 Å². The minimum atomic E-state index is 0.0269. The van der Waals surface area contributed by atoms with E-state index in [0.29, 0.717) is 25.1 Å². The third-order valence-electron chi connectivity index (χ3n) is 6.52. The van der Waals surface area contributed by atoms with Crippen molar-refractivity contribution in [3.05, 3.63) is 94.6 Å². The van der Waals surface area contributed by atoms with Crippen molar-refractivity contribution in [3.63, 3.8) is 0 Å². The molecule has 3 aromatic rings. The Morgan fingerprint density at radius 1 is 1.22 bits per heavy atom. The number of likely N-dealkylation sites (tertiary alicyclic amines) is 1. The van der Waals surface area contributed by atoms with Crippen LogP contribution in [0.1, 0.15) is 34.5 Å². The number of anilines is 1. The summed E-state index contributed by atoms with van der Waals surface area (Å²) in [6.45, 7) is 7.12. The van der Waals surface area contributed by atoms with Gasteiger partial charge in [-0.1, -0.05) is 43.0 Å². The number of aromatic nitrogens is 1. The number of pyridine rings is 1. The van der Waals surface area contributed by atoms with Gasteiger partial charge in [-0.3, -0.25) is 9.78 Å². The molecule has 6 heteroatoms. The molecule has 36 heavy (non-hydrogen) atoms. The SMILES string of the molecule is C=C/C=c1/cc(-c2cccc(CC#N)c2)cc(NC2CCN(C(=O)c3ccc(C)nc3)CC2)/c1=C/N. The zero-order chi connectivity index (χ0) is 25.5. The number of amides is 1. The van der Waals surface area contributed by atoms with Crippen molar-refractivity contribution >= 4 is 23.9 Å². The van der Waals surface area contributed by atoms with Gasteiger partial charge in [0, 0.05) is 48.1 Å². The van der Waals surface area contributed by atoms with Crippen molar-refractivity contribution in [1.82, 2.24) is 9.88 Å². The van der Waals surface area contributed by atoms with Crippen LogP contribution in [0.25, 0.3) is 23.4 Å². The number of hydrogen-bond donors (Lipinski definition) is 2. The summed E-state index contributed by atoms with van der Waals surface area (Å²) < 4.78 is 0. The molecular formula is C30H31N5O. The van der Waals surface area contributed by atoms with Crippen LogP contribution < -0.4 is 21.5 Å². The number of nitrogens with zero attached hydrogens (tertiary/aromatic N) is 3. The molecule has 1 aliphatic rings. The van der Waals surface area contributed by atoms with Crippen LogP contribution in [0, 0.1) is 18.3 Å². The van der Waals surface area contributed by atoms with Gasteiger partial charge in [0.25, 0.3) is 5.91 Å². The lowest BCUT2D eigenvalue weighted by Crippen LogP contribution is -2.43. The quantitative estimate of drug-likeness (QED) is 0.567. The third kappa shape index (κ3) is 5.64. The van der Waals surface area contributed by atoms with Gasteiger partial charge in [0.2, 0.25) is 0 Å².